The summed E-state index contributed by atoms with van der Waals surface area (Å²) < 4.78 is 3.51. The minimum absolute atomic E-state index is 0.312. The van der Waals surface area contributed by atoms with Gasteiger partial charge in [0.15, 0.2) is 0 Å². The number of alkyl halides is 2. The zero-order valence-electron chi connectivity index (χ0n) is 8.72. The van der Waals surface area contributed by atoms with Crippen molar-refractivity contribution in [1.29, 1.82) is 0 Å². The molecule has 2 rings (SSSR count). The van der Waals surface area contributed by atoms with Crippen LogP contribution in [0.2, 0.25) is 10.0 Å². The smallest absolute Gasteiger partial charge is 0.312 e. The molecule has 0 heterocycles. The first kappa shape index (κ1) is 13.3. The van der Waals surface area contributed by atoms with E-state index in [0.29, 0.717) is 10.0 Å². The van der Waals surface area contributed by atoms with E-state index in [4.69, 9.17) is 46.4 Å². The second-order valence-corrected chi connectivity index (χ2v) is 6.09. The van der Waals surface area contributed by atoms with Crippen molar-refractivity contribution in [2.45, 2.75) is 10.3 Å². The molecule has 92 valence electrons. The molecule has 1 aromatic carbocycles. The number of methoxy groups -OCH3 is 1. The minimum Gasteiger partial charge on any atom is -0.469 e. The lowest BCUT2D eigenvalue weighted by Gasteiger charge is -2.02. The SMILES string of the molecule is COC(=O)C1C(c2ccc(Cl)c(Cl)c2)C1(Cl)Cl. The number of carbonyl (C=O) groups is 1. The largest absolute Gasteiger partial charge is 0.469 e. The molecule has 1 saturated carbocycles. The van der Waals surface area contributed by atoms with Crippen molar-refractivity contribution in [3.63, 3.8) is 0 Å². The third-order valence-electron chi connectivity index (χ3n) is 2.81. The number of rotatable bonds is 2. The van der Waals surface area contributed by atoms with Gasteiger partial charge in [-0.2, -0.15) is 0 Å². The highest BCUT2D eigenvalue weighted by Crippen LogP contribution is 2.65. The summed E-state index contributed by atoms with van der Waals surface area (Å²) in [7, 11) is 1.30. The van der Waals surface area contributed by atoms with Crippen LogP contribution in [0.1, 0.15) is 11.5 Å². The molecule has 0 aliphatic heterocycles. The molecular formula is C11H8Cl4O2. The van der Waals surface area contributed by atoms with Gasteiger partial charge in [0.1, 0.15) is 10.3 Å². The highest BCUT2D eigenvalue weighted by Gasteiger charge is 2.68. The Morgan fingerprint density at radius 1 is 1.29 bits per heavy atom. The molecule has 0 spiro atoms. The molecule has 0 saturated heterocycles. The quantitative estimate of drug-likeness (QED) is 0.608. The third kappa shape index (κ3) is 2.24. The van der Waals surface area contributed by atoms with Crippen LogP contribution in [-0.2, 0) is 9.53 Å². The van der Waals surface area contributed by atoms with Crippen LogP contribution < -0.4 is 0 Å². The Balaban J connectivity index is 2.30. The molecule has 1 fully saturated rings. The number of ether oxygens (including phenoxy) is 1. The Morgan fingerprint density at radius 2 is 1.94 bits per heavy atom. The first-order valence-corrected chi connectivity index (χ1v) is 6.31. The van der Waals surface area contributed by atoms with E-state index in [1.54, 1.807) is 18.2 Å². The van der Waals surface area contributed by atoms with E-state index in [9.17, 15) is 4.79 Å². The van der Waals surface area contributed by atoms with E-state index >= 15 is 0 Å². The highest BCUT2D eigenvalue weighted by atomic mass is 35.5. The van der Waals surface area contributed by atoms with Crippen LogP contribution in [0, 0.1) is 5.92 Å². The molecule has 0 radical (unpaired) electrons. The monoisotopic (exact) mass is 312 g/mol. The molecular weight excluding hydrogens is 306 g/mol. The number of esters is 1. The van der Waals surface area contributed by atoms with Crippen molar-refractivity contribution in [3.8, 4) is 0 Å². The van der Waals surface area contributed by atoms with Crippen molar-refractivity contribution in [2.75, 3.05) is 7.11 Å². The Hall–Kier alpha value is -0.150. The molecule has 0 amide bonds. The van der Waals surface area contributed by atoms with E-state index in [1.807, 2.05) is 0 Å². The Morgan fingerprint density at radius 3 is 2.47 bits per heavy atom. The second kappa shape index (κ2) is 4.51. The summed E-state index contributed by atoms with van der Waals surface area (Å²) in [5.74, 6) is -1.30. The van der Waals surface area contributed by atoms with Gasteiger partial charge in [0, 0.05) is 5.92 Å². The Bertz CT molecular complexity index is 473. The maximum absolute atomic E-state index is 11.5. The van der Waals surface area contributed by atoms with Gasteiger partial charge >= 0.3 is 5.97 Å². The van der Waals surface area contributed by atoms with Crippen LogP contribution >= 0.6 is 46.4 Å². The summed E-state index contributed by atoms with van der Waals surface area (Å²) >= 11 is 23.8. The lowest BCUT2D eigenvalue weighted by atomic mass is 10.1. The lowest BCUT2D eigenvalue weighted by molar-refractivity contribution is -0.142. The van der Waals surface area contributed by atoms with Gasteiger partial charge in [0.2, 0.25) is 0 Å². The summed E-state index contributed by atoms with van der Waals surface area (Å²) in [6.07, 6.45) is 0. The van der Waals surface area contributed by atoms with Crippen LogP contribution in [-0.4, -0.2) is 17.4 Å². The number of carbonyl (C=O) groups excluding carboxylic acids is 1. The van der Waals surface area contributed by atoms with Crippen LogP contribution in [0.15, 0.2) is 18.2 Å². The number of hydrogen-bond acceptors (Lipinski definition) is 2. The average Bonchev–Trinajstić information content (AvgIpc) is 2.84. The van der Waals surface area contributed by atoms with Gasteiger partial charge in [-0.05, 0) is 17.7 Å². The molecule has 6 heteroatoms. The summed E-state index contributed by atoms with van der Waals surface area (Å²) in [5.41, 5.74) is 0.778. The molecule has 2 nitrogen and oxygen atoms in total. The number of hydrogen-bond donors (Lipinski definition) is 0. The van der Waals surface area contributed by atoms with Gasteiger partial charge in [-0.15, -0.1) is 0 Å². The number of benzene rings is 1. The maximum Gasteiger partial charge on any atom is 0.312 e. The fraction of sp³-hybridized carbons (Fsp3) is 0.364. The van der Waals surface area contributed by atoms with Gasteiger partial charge in [-0.1, -0.05) is 52.5 Å². The average molecular weight is 314 g/mol. The maximum atomic E-state index is 11.5. The summed E-state index contributed by atoms with van der Waals surface area (Å²) in [6.45, 7) is 0. The predicted octanol–water partition coefficient (Wildman–Crippen LogP) is 4.05. The van der Waals surface area contributed by atoms with Crippen LogP contribution in [0.25, 0.3) is 0 Å². The molecule has 0 bridgehead atoms. The van der Waals surface area contributed by atoms with E-state index in [0.717, 1.165) is 5.56 Å². The minimum atomic E-state index is -1.13. The molecule has 0 N–H and O–H groups in total. The van der Waals surface area contributed by atoms with Crippen LogP contribution in [0.4, 0.5) is 0 Å². The summed E-state index contributed by atoms with van der Waals surface area (Å²) in [5, 5.41) is 0.851. The van der Waals surface area contributed by atoms with Crippen LogP contribution in [0.3, 0.4) is 0 Å². The van der Waals surface area contributed by atoms with E-state index in [1.165, 1.54) is 7.11 Å². The highest BCUT2D eigenvalue weighted by molar-refractivity contribution is 6.53. The van der Waals surface area contributed by atoms with Crippen LogP contribution in [0.5, 0.6) is 0 Å². The molecule has 2 unspecified atom stereocenters. The van der Waals surface area contributed by atoms with E-state index in [2.05, 4.69) is 4.74 Å². The number of halogens is 4. The van der Waals surface area contributed by atoms with E-state index in [-0.39, 0.29) is 5.92 Å². The van der Waals surface area contributed by atoms with Crippen molar-refractivity contribution in [3.05, 3.63) is 33.8 Å². The molecule has 1 aromatic rings. The van der Waals surface area contributed by atoms with Gasteiger partial charge in [-0.3, -0.25) is 4.79 Å². The second-order valence-electron chi connectivity index (χ2n) is 3.83. The molecule has 0 aromatic heterocycles. The van der Waals surface area contributed by atoms with Crippen molar-refractivity contribution in [2.24, 2.45) is 5.92 Å². The van der Waals surface area contributed by atoms with Gasteiger partial charge in [-0.25, -0.2) is 0 Å². The third-order valence-corrected chi connectivity index (χ3v) is 4.49. The molecule has 17 heavy (non-hydrogen) atoms. The Labute approximate surface area is 119 Å². The van der Waals surface area contributed by atoms with Gasteiger partial charge in [0.25, 0.3) is 0 Å². The molecule has 2 atom stereocenters. The van der Waals surface area contributed by atoms with Gasteiger partial charge < -0.3 is 4.74 Å². The lowest BCUT2D eigenvalue weighted by Crippen LogP contribution is -2.07. The standard InChI is InChI=1S/C11H8Cl4O2/c1-17-10(16)9-8(11(9,14)15)5-2-3-6(12)7(13)4-5/h2-4,8-9H,1H3. The molecule has 1 aliphatic carbocycles. The van der Waals surface area contributed by atoms with E-state index < -0.39 is 16.2 Å². The van der Waals surface area contributed by atoms with Crippen molar-refractivity contribution < 1.29 is 9.53 Å². The fourth-order valence-corrected chi connectivity index (χ4v) is 2.98. The first-order chi connectivity index (χ1) is 7.89. The summed E-state index contributed by atoms with van der Waals surface area (Å²) in [6, 6.07) is 5.06. The molecule has 1 aliphatic rings. The van der Waals surface area contributed by atoms with Gasteiger partial charge in [0.05, 0.1) is 17.2 Å². The summed E-state index contributed by atoms with van der Waals surface area (Å²) in [4.78, 5) is 11.5. The fourth-order valence-electron chi connectivity index (χ4n) is 1.87. The van der Waals surface area contributed by atoms with Crippen molar-refractivity contribution in [1.82, 2.24) is 0 Å². The topological polar surface area (TPSA) is 26.3 Å². The Kier molecular flexibility index (Phi) is 3.52. The predicted molar refractivity (Wildman–Crippen MR) is 69.1 cm³/mol. The first-order valence-electron chi connectivity index (χ1n) is 4.80. The normalized spacial score (nSPS) is 25.5. The zero-order chi connectivity index (χ0) is 12.8. The zero-order valence-corrected chi connectivity index (χ0v) is 11.7. The van der Waals surface area contributed by atoms with Crippen molar-refractivity contribution >= 4 is 52.4 Å².